The van der Waals surface area contributed by atoms with Gasteiger partial charge >= 0.3 is 0 Å². The molecule has 1 heterocycles. The van der Waals surface area contributed by atoms with Crippen LogP contribution in [-0.4, -0.2) is 36.5 Å². The number of carbonyl (C=O) groups is 2. The summed E-state index contributed by atoms with van der Waals surface area (Å²) in [6.07, 6.45) is 1.57. The van der Waals surface area contributed by atoms with E-state index in [-0.39, 0.29) is 24.5 Å². The van der Waals surface area contributed by atoms with Crippen LogP contribution in [0.4, 0.5) is 0 Å². The van der Waals surface area contributed by atoms with Crippen molar-refractivity contribution in [2.24, 2.45) is 0 Å². The van der Waals surface area contributed by atoms with Crippen LogP contribution in [-0.2, 0) is 22.6 Å². The lowest BCUT2D eigenvalue weighted by Crippen LogP contribution is -2.33. The summed E-state index contributed by atoms with van der Waals surface area (Å²) in [6.45, 7) is 4.58. The van der Waals surface area contributed by atoms with Gasteiger partial charge in [-0.05, 0) is 43.7 Å². The summed E-state index contributed by atoms with van der Waals surface area (Å²) >= 11 is 0. The molecule has 6 heteroatoms. The monoisotopic (exact) mass is 344 g/mol. The number of amides is 2. The second-order valence-electron chi connectivity index (χ2n) is 5.96. The Morgan fingerprint density at radius 2 is 1.88 bits per heavy atom. The lowest BCUT2D eigenvalue weighted by atomic mass is 10.1. The Balaban J connectivity index is 2.08. The quantitative estimate of drug-likeness (QED) is 0.799. The maximum absolute atomic E-state index is 12.5. The Kier molecular flexibility index (Phi) is 6.77. The fraction of sp³-hybridized carbons (Fsp3) is 0.368. The zero-order valence-corrected chi connectivity index (χ0v) is 14.8. The first-order valence-electron chi connectivity index (χ1n) is 8.22. The first-order valence-corrected chi connectivity index (χ1v) is 8.22. The number of nitrogens with zero attached hydrogens (tertiary/aromatic N) is 1. The summed E-state index contributed by atoms with van der Waals surface area (Å²) in [4.78, 5) is 25.8. The zero-order chi connectivity index (χ0) is 18.2. The van der Waals surface area contributed by atoms with Crippen LogP contribution in [0.15, 0.2) is 47.1 Å². The molecule has 0 fully saturated rings. The number of hydrogen-bond acceptors (Lipinski definition) is 4. The number of rotatable bonds is 8. The van der Waals surface area contributed by atoms with Gasteiger partial charge in [-0.25, -0.2) is 0 Å². The molecule has 0 saturated heterocycles. The van der Waals surface area contributed by atoms with Crippen LogP contribution < -0.4 is 5.32 Å². The van der Waals surface area contributed by atoms with E-state index in [4.69, 9.17) is 9.15 Å². The van der Waals surface area contributed by atoms with Crippen molar-refractivity contribution in [2.45, 2.75) is 33.0 Å². The SMILES string of the molecule is CNC(=O)c1ccc(CN(Cc2ccco2)C(=O)COC(C)C)cc1. The Bertz CT molecular complexity index is 678. The lowest BCUT2D eigenvalue weighted by Gasteiger charge is -2.22. The molecule has 6 nitrogen and oxygen atoms in total. The van der Waals surface area contributed by atoms with Gasteiger partial charge in [0.2, 0.25) is 5.91 Å². The minimum atomic E-state index is -0.139. The van der Waals surface area contributed by atoms with Crippen molar-refractivity contribution in [3.8, 4) is 0 Å². The molecule has 0 aliphatic rings. The van der Waals surface area contributed by atoms with Crippen LogP contribution in [0, 0.1) is 0 Å². The van der Waals surface area contributed by atoms with Crippen molar-refractivity contribution >= 4 is 11.8 Å². The van der Waals surface area contributed by atoms with Crippen molar-refractivity contribution in [1.29, 1.82) is 0 Å². The van der Waals surface area contributed by atoms with Gasteiger partial charge in [-0.2, -0.15) is 0 Å². The highest BCUT2D eigenvalue weighted by molar-refractivity contribution is 5.93. The molecule has 0 atom stereocenters. The van der Waals surface area contributed by atoms with Crippen molar-refractivity contribution < 1.29 is 18.7 Å². The summed E-state index contributed by atoms with van der Waals surface area (Å²) in [5, 5.41) is 2.58. The van der Waals surface area contributed by atoms with E-state index in [1.165, 1.54) is 0 Å². The molecule has 134 valence electrons. The van der Waals surface area contributed by atoms with Gasteiger partial charge in [0.15, 0.2) is 0 Å². The lowest BCUT2D eigenvalue weighted by molar-refractivity contribution is -0.139. The number of hydrogen-bond donors (Lipinski definition) is 1. The van der Waals surface area contributed by atoms with E-state index in [9.17, 15) is 9.59 Å². The van der Waals surface area contributed by atoms with Crippen molar-refractivity contribution in [2.75, 3.05) is 13.7 Å². The Morgan fingerprint density at radius 3 is 2.44 bits per heavy atom. The second kappa shape index (κ2) is 9.03. The van der Waals surface area contributed by atoms with Crippen LogP contribution in [0.2, 0.25) is 0 Å². The van der Waals surface area contributed by atoms with E-state index in [0.29, 0.717) is 24.4 Å². The largest absolute Gasteiger partial charge is 0.467 e. The molecule has 1 N–H and O–H groups in total. The summed E-state index contributed by atoms with van der Waals surface area (Å²) < 4.78 is 10.8. The highest BCUT2D eigenvalue weighted by Gasteiger charge is 2.17. The van der Waals surface area contributed by atoms with Gasteiger partial charge in [-0.1, -0.05) is 12.1 Å². The van der Waals surface area contributed by atoms with Gasteiger partial charge in [0.05, 0.1) is 18.9 Å². The second-order valence-corrected chi connectivity index (χ2v) is 5.96. The normalized spacial score (nSPS) is 10.7. The number of furan rings is 1. The van der Waals surface area contributed by atoms with Crippen LogP contribution in [0.5, 0.6) is 0 Å². The van der Waals surface area contributed by atoms with Gasteiger partial charge in [-0.3, -0.25) is 9.59 Å². The van der Waals surface area contributed by atoms with Crippen molar-refractivity contribution in [3.05, 3.63) is 59.5 Å². The fourth-order valence-corrected chi connectivity index (χ4v) is 2.28. The summed E-state index contributed by atoms with van der Waals surface area (Å²) in [5.41, 5.74) is 1.51. The maximum atomic E-state index is 12.5. The predicted molar refractivity (Wildman–Crippen MR) is 93.9 cm³/mol. The van der Waals surface area contributed by atoms with E-state index in [2.05, 4.69) is 5.32 Å². The molecule has 2 rings (SSSR count). The van der Waals surface area contributed by atoms with E-state index < -0.39 is 0 Å². The zero-order valence-electron chi connectivity index (χ0n) is 14.8. The molecule has 1 aromatic heterocycles. The van der Waals surface area contributed by atoms with Crippen LogP contribution in [0.25, 0.3) is 0 Å². The van der Waals surface area contributed by atoms with Crippen molar-refractivity contribution in [1.82, 2.24) is 10.2 Å². The smallest absolute Gasteiger partial charge is 0.251 e. The van der Waals surface area contributed by atoms with Gasteiger partial charge < -0.3 is 19.4 Å². The Labute approximate surface area is 147 Å². The number of nitrogens with one attached hydrogen (secondary N) is 1. The van der Waals surface area contributed by atoms with Crippen molar-refractivity contribution in [3.63, 3.8) is 0 Å². The third kappa shape index (κ3) is 5.76. The summed E-state index contributed by atoms with van der Waals surface area (Å²) in [6, 6.07) is 10.8. The average Bonchev–Trinajstić information content (AvgIpc) is 3.12. The first kappa shape index (κ1) is 18.7. The molecular weight excluding hydrogens is 320 g/mol. The average molecular weight is 344 g/mol. The first-order chi connectivity index (χ1) is 12.0. The molecule has 0 unspecified atom stereocenters. The van der Waals surface area contributed by atoms with Gasteiger partial charge in [0, 0.05) is 19.2 Å². The van der Waals surface area contributed by atoms with Crippen LogP contribution >= 0.6 is 0 Å². The molecule has 0 spiro atoms. The Morgan fingerprint density at radius 1 is 1.16 bits per heavy atom. The Hall–Kier alpha value is -2.60. The third-order valence-corrected chi connectivity index (χ3v) is 3.64. The fourth-order valence-electron chi connectivity index (χ4n) is 2.28. The molecule has 2 amide bonds. The highest BCUT2D eigenvalue weighted by Crippen LogP contribution is 2.13. The molecule has 2 aromatic rings. The maximum Gasteiger partial charge on any atom is 0.251 e. The molecule has 1 aromatic carbocycles. The van der Waals surface area contributed by atoms with Gasteiger partial charge in [-0.15, -0.1) is 0 Å². The molecule has 0 aliphatic heterocycles. The van der Waals surface area contributed by atoms with Gasteiger partial charge in [0.1, 0.15) is 12.4 Å². The molecule has 0 aliphatic carbocycles. The molecule has 0 saturated carbocycles. The molecule has 0 bridgehead atoms. The van der Waals surface area contributed by atoms with E-state index in [0.717, 1.165) is 5.56 Å². The standard InChI is InChI=1S/C19H24N2O4/c1-14(2)25-13-18(22)21(12-17-5-4-10-24-17)11-15-6-8-16(9-7-15)19(23)20-3/h4-10,14H,11-13H2,1-3H3,(H,20,23). The van der Waals surface area contributed by atoms with Gasteiger partial charge in [0.25, 0.3) is 5.91 Å². The molecule has 25 heavy (non-hydrogen) atoms. The summed E-state index contributed by atoms with van der Waals surface area (Å²) in [7, 11) is 1.59. The minimum Gasteiger partial charge on any atom is -0.467 e. The molecule has 0 radical (unpaired) electrons. The number of benzene rings is 1. The predicted octanol–water partition coefficient (Wildman–Crippen LogP) is 2.59. The van der Waals surface area contributed by atoms with E-state index >= 15 is 0 Å². The minimum absolute atomic E-state index is 0.0127. The van der Waals surface area contributed by atoms with Crippen LogP contribution in [0.1, 0.15) is 35.5 Å². The number of ether oxygens (including phenoxy) is 1. The third-order valence-electron chi connectivity index (χ3n) is 3.64. The summed E-state index contributed by atoms with van der Waals surface area (Å²) in [5.74, 6) is 0.459. The van der Waals surface area contributed by atoms with E-state index in [1.807, 2.05) is 32.0 Å². The highest BCUT2D eigenvalue weighted by atomic mass is 16.5. The van der Waals surface area contributed by atoms with E-state index in [1.54, 1.807) is 36.4 Å². The number of carbonyl (C=O) groups excluding carboxylic acids is 2. The molecular formula is C19H24N2O4. The van der Waals surface area contributed by atoms with Crippen LogP contribution in [0.3, 0.4) is 0 Å². The topological polar surface area (TPSA) is 71.8 Å².